The number of halogens is 1. The van der Waals surface area contributed by atoms with Gasteiger partial charge in [0.05, 0.1) is 6.21 Å². The van der Waals surface area contributed by atoms with Crippen molar-refractivity contribution >= 4 is 23.1 Å². The third-order valence-electron chi connectivity index (χ3n) is 3.79. The van der Waals surface area contributed by atoms with Crippen molar-refractivity contribution in [3.8, 4) is 5.75 Å². The molecule has 0 spiro atoms. The van der Waals surface area contributed by atoms with E-state index in [-0.39, 0.29) is 5.82 Å². The summed E-state index contributed by atoms with van der Waals surface area (Å²) in [6, 6.07) is 23.8. The Morgan fingerprint density at radius 2 is 1.64 bits per heavy atom. The van der Waals surface area contributed by atoms with Crippen LogP contribution in [0.1, 0.15) is 16.7 Å². The van der Waals surface area contributed by atoms with E-state index >= 15 is 0 Å². The molecule has 142 valence electrons. The van der Waals surface area contributed by atoms with Gasteiger partial charge < -0.3 is 10.5 Å². The van der Waals surface area contributed by atoms with Crippen LogP contribution < -0.4 is 10.5 Å². The minimum absolute atomic E-state index is 0.280. The molecule has 0 saturated carbocycles. The van der Waals surface area contributed by atoms with E-state index in [0.717, 1.165) is 16.9 Å². The van der Waals surface area contributed by atoms with Crippen LogP contribution in [0.4, 0.5) is 4.39 Å². The zero-order valence-corrected chi connectivity index (χ0v) is 16.0. The van der Waals surface area contributed by atoms with Crippen molar-refractivity contribution in [1.82, 2.24) is 0 Å². The highest BCUT2D eigenvalue weighted by atomic mass is 32.2. The highest BCUT2D eigenvalue weighted by Gasteiger charge is 1.98. The molecule has 3 aromatic carbocycles. The van der Waals surface area contributed by atoms with E-state index in [0.29, 0.717) is 17.5 Å². The largest absolute Gasteiger partial charge is 0.489 e. The number of nitrogens with zero attached hydrogens (tertiary/aromatic N) is 2. The van der Waals surface area contributed by atoms with Gasteiger partial charge in [-0.1, -0.05) is 66.4 Å². The molecule has 0 amide bonds. The first-order valence-electron chi connectivity index (χ1n) is 8.69. The maximum atomic E-state index is 12.9. The molecule has 0 heterocycles. The molecule has 0 fully saturated rings. The second kappa shape index (κ2) is 10.3. The maximum Gasteiger partial charge on any atom is 0.180 e. The lowest BCUT2D eigenvalue weighted by atomic mass is 10.1. The lowest BCUT2D eigenvalue weighted by Crippen LogP contribution is -2.06. The highest BCUT2D eigenvalue weighted by Crippen LogP contribution is 2.14. The number of hydrogen-bond acceptors (Lipinski definition) is 4. The third-order valence-corrected chi connectivity index (χ3v) is 4.65. The molecule has 3 aromatic rings. The molecule has 0 aromatic heterocycles. The Kier molecular flexibility index (Phi) is 7.21. The maximum absolute atomic E-state index is 12.9. The molecule has 2 N–H and O–H groups in total. The number of benzene rings is 3. The number of ether oxygens (including phenoxy) is 1. The monoisotopic (exact) mass is 393 g/mol. The van der Waals surface area contributed by atoms with Crippen LogP contribution in [0.2, 0.25) is 0 Å². The molecule has 0 unspecified atom stereocenters. The van der Waals surface area contributed by atoms with Crippen molar-refractivity contribution in [1.29, 1.82) is 0 Å². The van der Waals surface area contributed by atoms with Crippen molar-refractivity contribution < 1.29 is 9.13 Å². The van der Waals surface area contributed by atoms with Crippen molar-refractivity contribution in [3.05, 3.63) is 101 Å². The summed E-state index contributed by atoms with van der Waals surface area (Å²) in [5, 5.41) is 8.47. The van der Waals surface area contributed by atoms with Crippen LogP contribution in [-0.4, -0.2) is 11.4 Å². The Bertz CT molecular complexity index is 926. The van der Waals surface area contributed by atoms with E-state index < -0.39 is 0 Å². The fourth-order valence-electron chi connectivity index (χ4n) is 2.31. The van der Waals surface area contributed by atoms with Crippen LogP contribution in [-0.2, 0) is 12.4 Å². The summed E-state index contributed by atoms with van der Waals surface area (Å²) in [6.07, 6.45) is 1.65. The fraction of sp³-hybridized carbons (Fsp3) is 0.0909. The molecule has 0 aliphatic carbocycles. The molecule has 0 bridgehead atoms. The van der Waals surface area contributed by atoms with Gasteiger partial charge in [0.25, 0.3) is 0 Å². The van der Waals surface area contributed by atoms with Gasteiger partial charge in [-0.2, -0.15) is 5.10 Å². The average Bonchev–Trinajstić information content (AvgIpc) is 2.73. The molecule has 3 rings (SSSR count). The second-order valence-corrected chi connectivity index (χ2v) is 6.94. The molecule has 0 aliphatic rings. The van der Waals surface area contributed by atoms with Crippen LogP contribution in [0.25, 0.3) is 0 Å². The smallest absolute Gasteiger partial charge is 0.180 e. The molecule has 0 saturated heterocycles. The highest BCUT2D eigenvalue weighted by molar-refractivity contribution is 8.13. The van der Waals surface area contributed by atoms with E-state index in [1.54, 1.807) is 18.3 Å². The predicted octanol–water partition coefficient (Wildman–Crippen LogP) is 4.99. The fourth-order valence-corrected chi connectivity index (χ4v) is 2.92. The molecule has 28 heavy (non-hydrogen) atoms. The zero-order chi connectivity index (χ0) is 19.6. The van der Waals surface area contributed by atoms with Crippen molar-refractivity contribution in [2.45, 2.75) is 12.4 Å². The summed E-state index contributed by atoms with van der Waals surface area (Å²) in [5.74, 6) is 1.11. The SMILES string of the molecule is NC(=NN=Cc1ccc(COc2ccc(F)cc2)cc1)SCc1ccccc1. The molecular formula is C22H20FN3OS. The standard InChI is InChI=1S/C22H20FN3OS/c23-20-10-12-21(13-11-20)27-15-18-8-6-17(7-9-18)14-25-26-22(24)28-16-19-4-2-1-3-5-19/h1-14H,15-16H2,(H2,24,26). The third kappa shape index (κ3) is 6.55. The summed E-state index contributed by atoms with van der Waals surface area (Å²) in [5.41, 5.74) is 8.98. The summed E-state index contributed by atoms with van der Waals surface area (Å²) >= 11 is 1.45. The van der Waals surface area contributed by atoms with Crippen LogP contribution in [0, 0.1) is 5.82 Å². The van der Waals surface area contributed by atoms with Gasteiger partial charge in [-0.05, 0) is 41.0 Å². The van der Waals surface area contributed by atoms with Gasteiger partial charge >= 0.3 is 0 Å². The van der Waals surface area contributed by atoms with Crippen LogP contribution >= 0.6 is 11.8 Å². The van der Waals surface area contributed by atoms with Crippen LogP contribution in [0.15, 0.2) is 89.1 Å². The summed E-state index contributed by atoms with van der Waals surface area (Å²) in [4.78, 5) is 0. The van der Waals surface area contributed by atoms with Crippen molar-refractivity contribution in [2.24, 2.45) is 15.9 Å². The lowest BCUT2D eigenvalue weighted by molar-refractivity contribution is 0.306. The quantitative estimate of drug-likeness (QED) is 0.350. The first-order chi connectivity index (χ1) is 13.7. The molecule has 0 atom stereocenters. The number of thioether (sulfide) groups is 1. The van der Waals surface area contributed by atoms with Gasteiger partial charge in [-0.15, -0.1) is 5.10 Å². The molecule has 4 nitrogen and oxygen atoms in total. The summed E-state index contributed by atoms with van der Waals surface area (Å²) in [7, 11) is 0. The summed E-state index contributed by atoms with van der Waals surface area (Å²) < 4.78 is 18.5. The molecule has 0 aliphatic heterocycles. The zero-order valence-electron chi connectivity index (χ0n) is 15.2. The van der Waals surface area contributed by atoms with Crippen molar-refractivity contribution in [3.63, 3.8) is 0 Å². The van der Waals surface area contributed by atoms with Gasteiger partial charge in [0, 0.05) is 5.75 Å². The Balaban J connectivity index is 1.47. The van der Waals surface area contributed by atoms with Gasteiger partial charge in [-0.3, -0.25) is 0 Å². The first-order valence-corrected chi connectivity index (χ1v) is 9.68. The minimum Gasteiger partial charge on any atom is -0.489 e. The normalized spacial score (nSPS) is 11.7. The van der Waals surface area contributed by atoms with Crippen LogP contribution in [0.5, 0.6) is 5.75 Å². The Morgan fingerprint density at radius 1 is 0.929 bits per heavy atom. The Labute approximate surface area is 168 Å². The molecular weight excluding hydrogens is 373 g/mol. The Hall–Kier alpha value is -3.12. The Morgan fingerprint density at radius 3 is 2.36 bits per heavy atom. The van der Waals surface area contributed by atoms with E-state index in [9.17, 15) is 4.39 Å². The number of amidine groups is 1. The van der Waals surface area contributed by atoms with Gasteiger partial charge in [0.15, 0.2) is 5.17 Å². The molecule has 6 heteroatoms. The topological polar surface area (TPSA) is 60.0 Å². The first kappa shape index (κ1) is 19.6. The lowest BCUT2D eigenvalue weighted by Gasteiger charge is -2.06. The van der Waals surface area contributed by atoms with E-state index in [2.05, 4.69) is 10.2 Å². The van der Waals surface area contributed by atoms with Gasteiger partial charge in [0.2, 0.25) is 0 Å². The number of hydrogen-bond donors (Lipinski definition) is 1. The van der Waals surface area contributed by atoms with Crippen molar-refractivity contribution in [2.75, 3.05) is 0 Å². The number of rotatable bonds is 7. The average molecular weight is 393 g/mol. The van der Waals surface area contributed by atoms with Gasteiger partial charge in [0.1, 0.15) is 18.2 Å². The second-order valence-electron chi connectivity index (χ2n) is 5.94. The van der Waals surface area contributed by atoms with E-state index in [1.807, 2.05) is 54.6 Å². The van der Waals surface area contributed by atoms with Crippen LogP contribution in [0.3, 0.4) is 0 Å². The predicted molar refractivity (Wildman–Crippen MR) is 114 cm³/mol. The van der Waals surface area contributed by atoms with E-state index in [4.69, 9.17) is 10.5 Å². The summed E-state index contributed by atoms with van der Waals surface area (Å²) in [6.45, 7) is 0.407. The number of nitrogens with two attached hydrogens (primary N) is 1. The van der Waals surface area contributed by atoms with E-state index in [1.165, 1.54) is 29.5 Å². The molecule has 0 radical (unpaired) electrons. The minimum atomic E-state index is -0.280. The van der Waals surface area contributed by atoms with Gasteiger partial charge in [-0.25, -0.2) is 4.39 Å².